The van der Waals surface area contributed by atoms with E-state index in [0.29, 0.717) is 25.3 Å². The van der Waals surface area contributed by atoms with Crippen LogP contribution in [0.3, 0.4) is 0 Å². The number of amides is 1. The van der Waals surface area contributed by atoms with Gasteiger partial charge in [0.15, 0.2) is 0 Å². The topological polar surface area (TPSA) is 95.0 Å². The van der Waals surface area contributed by atoms with Crippen molar-refractivity contribution in [1.82, 2.24) is 9.21 Å². The summed E-state index contributed by atoms with van der Waals surface area (Å²) in [5.41, 5.74) is -0.234. The molecule has 1 aromatic rings. The number of carbonyl (C=O) groups excluding carboxylic acids is 1. The molecule has 0 spiro atoms. The van der Waals surface area contributed by atoms with Gasteiger partial charge in [-0.2, -0.15) is 4.31 Å². The second kappa shape index (κ2) is 8.18. The first-order valence-electron chi connectivity index (χ1n) is 8.72. The zero-order valence-electron chi connectivity index (χ0n) is 15.4. The normalized spacial score (nSPS) is 16.6. The fourth-order valence-electron chi connectivity index (χ4n) is 3.30. The van der Waals surface area contributed by atoms with Crippen LogP contribution in [0.5, 0.6) is 0 Å². The average Bonchev–Trinajstić information content (AvgIpc) is 2.60. The van der Waals surface area contributed by atoms with Crippen molar-refractivity contribution < 1.29 is 23.1 Å². The first-order chi connectivity index (χ1) is 12.1. The highest BCUT2D eigenvalue weighted by atomic mass is 32.2. The number of carboxylic acids is 1. The van der Waals surface area contributed by atoms with E-state index < -0.39 is 16.0 Å². The van der Waals surface area contributed by atoms with Crippen LogP contribution in [0.1, 0.15) is 37.0 Å². The number of nitrogens with zero attached hydrogens (tertiary/aromatic N) is 2. The van der Waals surface area contributed by atoms with E-state index in [1.807, 2.05) is 13.8 Å². The molecule has 0 aromatic heterocycles. The molecule has 0 saturated carbocycles. The Labute approximate surface area is 154 Å². The first-order valence-corrected chi connectivity index (χ1v) is 10.2. The molecule has 7 nitrogen and oxygen atoms in total. The largest absolute Gasteiger partial charge is 0.478 e. The van der Waals surface area contributed by atoms with Crippen molar-refractivity contribution in [1.29, 1.82) is 0 Å². The second-order valence-corrected chi connectivity index (χ2v) is 9.00. The highest BCUT2D eigenvalue weighted by molar-refractivity contribution is 7.89. The molecule has 2 rings (SSSR count). The van der Waals surface area contributed by atoms with Gasteiger partial charge in [-0.15, -0.1) is 0 Å². The van der Waals surface area contributed by atoms with Gasteiger partial charge in [-0.05, 0) is 30.9 Å². The maximum atomic E-state index is 12.8. The molecule has 144 valence electrons. The van der Waals surface area contributed by atoms with Gasteiger partial charge in [0.25, 0.3) is 0 Å². The van der Waals surface area contributed by atoms with Gasteiger partial charge in [-0.3, -0.25) is 4.79 Å². The minimum Gasteiger partial charge on any atom is -0.478 e. The quantitative estimate of drug-likeness (QED) is 0.811. The number of carboxylic acid groups (broad SMARTS) is 1. The molecule has 1 saturated heterocycles. The molecule has 0 radical (unpaired) electrons. The highest BCUT2D eigenvalue weighted by Gasteiger charge is 2.34. The summed E-state index contributed by atoms with van der Waals surface area (Å²) in [7, 11) is -2.13. The summed E-state index contributed by atoms with van der Waals surface area (Å²) < 4.78 is 27.0. The van der Waals surface area contributed by atoms with Crippen LogP contribution in [0.25, 0.3) is 0 Å². The molecule has 1 aromatic carbocycles. The van der Waals surface area contributed by atoms with Crippen molar-refractivity contribution >= 4 is 21.9 Å². The van der Waals surface area contributed by atoms with Crippen molar-refractivity contribution in [2.24, 2.45) is 11.8 Å². The van der Waals surface area contributed by atoms with E-state index in [9.17, 15) is 23.1 Å². The molecule has 1 fully saturated rings. The number of sulfonamides is 1. The summed E-state index contributed by atoms with van der Waals surface area (Å²) in [6, 6.07) is 5.60. The van der Waals surface area contributed by atoms with Gasteiger partial charge < -0.3 is 10.0 Å². The van der Waals surface area contributed by atoms with E-state index in [4.69, 9.17) is 0 Å². The molecule has 26 heavy (non-hydrogen) atoms. The van der Waals surface area contributed by atoms with Gasteiger partial charge >= 0.3 is 5.97 Å². The Hall–Kier alpha value is -1.93. The number of carbonyl (C=O) groups is 2. The minimum atomic E-state index is -3.90. The van der Waals surface area contributed by atoms with E-state index >= 15 is 0 Å². The predicted octanol–water partition coefficient (Wildman–Crippen LogP) is 1.90. The van der Waals surface area contributed by atoms with Gasteiger partial charge in [0.2, 0.25) is 15.9 Å². The van der Waals surface area contributed by atoms with Crippen molar-refractivity contribution in [2.45, 2.75) is 31.6 Å². The van der Waals surface area contributed by atoms with Crippen LogP contribution in [-0.4, -0.2) is 61.3 Å². The van der Waals surface area contributed by atoms with Crippen molar-refractivity contribution in [3.05, 3.63) is 29.8 Å². The Morgan fingerprint density at radius 2 is 1.81 bits per heavy atom. The fraction of sp³-hybridized carbons (Fsp3) is 0.556. The third-order valence-corrected chi connectivity index (χ3v) is 6.51. The zero-order chi connectivity index (χ0) is 19.5. The number of rotatable bonds is 6. The molecule has 1 N–H and O–H groups in total. The third-order valence-electron chi connectivity index (χ3n) is 4.55. The molecule has 1 heterocycles. The van der Waals surface area contributed by atoms with Gasteiger partial charge in [0.1, 0.15) is 0 Å². The Morgan fingerprint density at radius 3 is 2.35 bits per heavy atom. The standard InChI is InChI=1S/C18H26N2O5S/c1-13(2)12-19(3)17(21)14-8-10-20(11-9-14)26(24,25)16-7-5-4-6-15(16)18(22)23/h4-7,13-14H,8-12H2,1-3H3,(H,22,23). The first kappa shape index (κ1) is 20.4. The highest BCUT2D eigenvalue weighted by Crippen LogP contribution is 2.27. The van der Waals surface area contributed by atoms with Gasteiger partial charge in [0, 0.05) is 32.6 Å². The summed E-state index contributed by atoms with van der Waals surface area (Å²) in [5, 5.41) is 9.24. The molecule has 0 aliphatic carbocycles. The fourth-order valence-corrected chi connectivity index (χ4v) is 4.95. The second-order valence-electron chi connectivity index (χ2n) is 7.09. The van der Waals surface area contributed by atoms with Crippen LogP contribution < -0.4 is 0 Å². The molecule has 0 atom stereocenters. The lowest BCUT2D eigenvalue weighted by Crippen LogP contribution is -2.44. The van der Waals surface area contributed by atoms with Crippen LogP contribution in [0.15, 0.2) is 29.2 Å². The summed E-state index contributed by atoms with van der Waals surface area (Å²) in [6.45, 7) is 5.17. The molecule has 0 bridgehead atoms. The van der Waals surface area contributed by atoms with Gasteiger partial charge in [-0.25, -0.2) is 13.2 Å². The van der Waals surface area contributed by atoms with Crippen LogP contribution in [0, 0.1) is 11.8 Å². The number of hydrogen-bond donors (Lipinski definition) is 1. The number of benzene rings is 1. The number of aromatic carboxylic acids is 1. The summed E-state index contributed by atoms with van der Waals surface area (Å²) in [4.78, 5) is 25.3. The Balaban J connectivity index is 2.10. The molecular formula is C18H26N2O5S. The minimum absolute atomic E-state index is 0.0432. The summed E-state index contributed by atoms with van der Waals surface area (Å²) >= 11 is 0. The Kier molecular flexibility index (Phi) is 6.41. The van der Waals surface area contributed by atoms with Gasteiger partial charge in [-0.1, -0.05) is 26.0 Å². The van der Waals surface area contributed by atoms with E-state index in [1.54, 1.807) is 11.9 Å². The molecule has 1 amide bonds. The number of hydrogen-bond acceptors (Lipinski definition) is 4. The molecule has 8 heteroatoms. The van der Waals surface area contributed by atoms with Crippen LogP contribution in [0.4, 0.5) is 0 Å². The molecular weight excluding hydrogens is 356 g/mol. The Bertz CT molecular complexity index is 768. The maximum absolute atomic E-state index is 12.8. The van der Waals surface area contributed by atoms with E-state index in [2.05, 4.69) is 0 Å². The van der Waals surface area contributed by atoms with Crippen molar-refractivity contribution in [3.8, 4) is 0 Å². The average molecular weight is 382 g/mol. The summed E-state index contributed by atoms with van der Waals surface area (Å²) in [6.07, 6.45) is 0.880. The smallest absolute Gasteiger partial charge is 0.337 e. The SMILES string of the molecule is CC(C)CN(C)C(=O)C1CCN(S(=O)(=O)c2ccccc2C(=O)O)CC1. The van der Waals surface area contributed by atoms with Crippen LogP contribution >= 0.6 is 0 Å². The monoisotopic (exact) mass is 382 g/mol. The van der Waals surface area contributed by atoms with Crippen LogP contribution in [-0.2, 0) is 14.8 Å². The predicted molar refractivity (Wildman–Crippen MR) is 97.4 cm³/mol. The lowest BCUT2D eigenvalue weighted by Gasteiger charge is -2.33. The van der Waals surface area contributed by atoms with Gasteiger partial charge in [0.05, 0.1) is 10.5 Å². The maximum Gasteiger partial charge on any atom is 0.337 e. The van der Waals surface area contributed by atoms with Crippen LogP contribution in [0.2, 0.25) is 0 Å². The lowest BCUT2D eigenvalue weighted by molar-refractivity contribution is -0.135. The summed E-state index contributed by atoms with van der Waals surface area (Å²) in [5.74, 6) is -1.05. The number of piperidine rings is 1. The molecule has 1 aliphatic heterocycles. The van der Waals surface area contributed by atoms with Crippen molar-refractivity contribution in [3.63, 3.8) is 0 Å². The zero-order valence-corrected chi connectivity index (χ0v) is 16.2. The lowest BCUT2D eigenvalue weighted by atomic mass is 9.96. The van der Waals surface area contributed by atoms with Crippen molar-refractivity contribution in [2.75, 3.05) is 26.7 Å². The molecule has 0 unspecified atom stereocenters. The van der Waals surface area contributed by atoms with E-state index in [-0.39, 0.29) is 35.4 Å². The van der Waals surface area contributed by atoms with E-state index in [1.165, 1.54) is 28.6 Å². The Morgan fingerprint density at radius 1 is 1.23 bits per heavy atom. The molecule has 1 aliphatic rings. The third kappa shape index (κ3) is 4.42. The van der Waals surface area contributed by atoms with E-state index in [0.717, 1.165) is 0 Å².